The number of ether oxygens (including phenoxy) is 2. The number of thioether (sulfide) groups is 1. The van der Waals surface area contributed by atoms with E-state index in [0.717, 1.165) is 23.4 Å². The number of nitrogens with zero attached hydrogens (tertiary/aromatic N) is 5. The Bertz CT molecular complexity index is 1310. The highest BCUT2D eigenvalue weighted by molar-refractivity contribution is 7.99. The second kappa shape index (κ2) is 8.51. The van der Waals surface area contributed by atoms with E-state index in [2.05, 4.69) is 16.3 Å². The van der Waals surface area contributed by atoms with Crippen LogP contribution in [-0.4, -0.2) is 52.2 Å². The van der Waals surface area contributed by atoms with Crippen molar-refractivity contribution >= 4 is 29.0 Å². The summed E-state index contributed by atoms with van der Waals surface area (Å²) in [5.74, 6) is 1.59. The fraction of sp³-hybridized carbons (Fsp3) is 0.217. The van der Waals surface area contributed by atoms with Crippen molar-refractivity contribution in [3.8, 4) is 22.8 Å². The van der Waals surface area contributed by atoms with Gasteiger partial charge in [0.1, 0.15) is 0 Å². The first kappa shape index (κ1) is 20.3. The molecule has 0 N–H and O–H groups in total. The van der Waals surface area contributed by atoms with Crippen molar-refractivity contribution in [1.82, 2.24) is 19.8 Å². The Labute approximate surface area is 189 Å². The van der Waals surface area contributed by atoms with E-state index in [-0.39, 0.29) is 11.7 Å². The monoisotopic (exact) mass is 447 g/mol. The Morgan fingerprint density at radius 1 is 1.03 bits per heavy atom. The van der Waals surface area contributed by atoms with Crippen LogP contribution in [0.4, 0.5) is 5.69 Å². The van der Waals surface area contributed by atoms with E-state index in [1.54, 1.807) is 18.7 Å². The first-order valence-electron chi connectivity index (χ1n) is 10.1. The van der Waals surface area contributed by atoms with Gasteiger partial charge in [-0.3, -0.25) is 4.79 Å². The van der Waals surface area contributed by atoms with Crippen LogP contribution < -0.4 is 14.4 Å². The van der Waals surface area contributed by atoms with Crippen molar-refractivity contribution in [1.29, 1.82) is 0 Å². The molecule has 0 saturated carbocycles. The standard InChI is InChI=1S/C23H21N5O3S/c1-30-19-9-7-16(13-20(19)31-2)17-8-10-21-24-25-23(28(21)26-17)32-14-22(29)27-12-11-15-5-3-4-6-18(15)27/h3-10,13H,11-12,14H2,1-2H3. The molecular weight excluding hydrogens is 426 g/mol. The van der Waals surface area contributed by atoms with Gasteiger partial charge < -0.3 is 14.4 Å². The number of anilines is 1. The summed E-state index contributed by atoms with van der Waals surface area (Å²) in [6.07, 6.45) is 0.886. The molecule has 0 saturated heterocycles. The van der Waals surface area contributed by atoms with Gasteiger partial charge in [-0.25, -0.2) is 0 Å². The second-order valence-corrected chi connectivity index (χ2v) is 8.20. The van der Waals surface area contributed by atoms with E-state index < -0.39 is 0 Å². The van der Waals surface area contributed by atoms with E-state index >= 15 is 0 Å². The molecule has 0 fully saturated rings. The van der Waals surface area contributed by atoms with E-state index in [4.69, 9.17) is 14.6 Å². The van der Waals surface area contributed by atoms with Gasteiger partial charge in [0, 0.05) is 17.8 Å². The Hall–Kier alpha value is -3.59. The van der Waals surface area contributed by atoms with Crippen LogP contribution in [0.3, 0.4) is 0 Å². The molecule has 4 aromatic rings. The smallest absolute Gasteiger partial charge is 0.237 e. The zero-order valence-corrected chi connectivity index (χ0v) is 18.5. The quantitative estimate of drug-likeness (QED) is 0.419. The van der Waals surface area contributed by atoms with Crippen LogP contribution in [0, 0.1) is 0 Å². The first-order chi connectivity index (χ1) is 15.7. The van der Waals surface area contributed by atoms with Gasteiger partial charge >= 0.3 is 0 Å². The summed E-state index contributed by atoms with van der Waals surface area (Å²) in [4.78, 5) is 14.7. The van der Waals surface area contributed by atoms with Gasteiger partial charge in [-0.05, 0) is 48.4 Å². The lowest BCUT2D eigenvalue weighted by atomic mass is 10.1. The van der Waals surface area contributed by atoms with E-state index in [0.29, 0.717) is 28.8 Å². The summed E-state index contributed by atoms with van der Waals surface area (Å²) >= 11 is 1.33. The molecule has 0 radical (unpaired) electrons. The molecule has 3 heterocycles. The zero-order valence-electron chi connectivity index (χ0n) is 17.7. The number of para-hydroxylation sites is 1. The molecule has 5 rings (SSSR count). The Morgan fingerprint density at radius 3 is 2.72 bits per heavy atom. The minimum atomic E-state index is 0.0488. The van der Waals surface area contributed by atoms with Gasteiger partial charge in [0.15, 0.2) is 17.1 Å². The molecule has 0 spiro atoms. The molecule has 162 valence electrons. The van der Waals surface area contributed by atoms with Crippen LogP contribution in [0.5, 0.6) is 11.5 Å². The van der Waals surface area contributed by atoms with E-state index in [9.17, 15) is 4.79 Å². The predicted molar refractivity (Wildman–Crippen MR) is 123 cm³/mol. The van der Waals surface area contributed by atoms with Crippen molar-refractivity contribution < 1.29 is 14.3 Å². The van der Waals surface area contributed by atoms with Gasteiger partial charge in [0.25, 0.3) is 0 Å². The zero-order chi connectivity index (χ0) is 22.1. The maximum Gasteiger partial charge on any atom is 0.237 e. The number of carbonyl (C=O) groups is 1. The van der Waals surface area contributed by atoms with Gasteiger partial charge in [-0.1, -0.05) is 30.0 Å². The molecule has 0 atom stereocenters. The highest BCUT2D eigenvalue weighted by atomic mass is 32.2. The third-order valence-corrected chi connectivity index (χ3v) is 6.33. The second-order valence-electron chi connectivity index (χ2n) is 7.25. The summed E-state index contributed by atoms with van der Waals surface area (Å²) in [7, 11) is 3.20. The lowest BCUT2D eigenvalue weighted by molar-refractivity contribution is -0.116. The summed E-state index contributed by atoms with van der Waals surface area (Å²) in [6.45, 7) is 0.709. The third-order valence-electron chi connectivity index (χ3n) is 5.43. The van der Waals surface area contributed by atoms with Crippen molar-refractivity contribution in [2.45, 2.75) is 11.6 Å². The average molecular weight is 448 g/mol. The Kier molecular flexibility index (Phi) is 5.40. The summed E-state index contributed by atoms with van der Waals surface area (Å²) in [6, 6.07) is 17.4. The number of benzene rings is 2. The highest BCUT2D eigenvalue weighted by Crippen LogP contribution is 2.32. The number of hydrogen-bond donors (Lipinski definition) is 0. The SMILES string of the molecule is COc1ccc(-c2ccc3nnc(SCC(=O)N4CCc5ccccc54)n3n2)cc1OC. The first-order valence-corrected chi connectivity index (χ1v) is 11.1. The largest absolute Gasteiger partial charge is 0.493 e. The maximum absolute atomic E-state index is 12.9. The third kappa shape index (κ3) is 3.64. The number of carbonyl (C=O) groups excluding carboxylic acids is 1. The number of fused-ring (bicyclic) bond motifs is 2. The molecule has 32 heavy (non-hydrogen) atoms. The topological polar surface area (TPSA) is 81.9 Å². The lowest BCUT2D eigenvalue weighted by Gasteiger charge is -2.16. The number of aromatic nitrogens is 4. The molecule has 8 nitrogen and oxygen atoms in total. The van der Waals surface area contributed by atoms with E-state index in [1.165, 1.54) is 17.3 Å². The fourth-order valence-electron chi connectivity index (χ4n) is 3.81. The minimum absolute atomic E-state index is 0.0488. The number of methoxy groups -OCH3 is 2. The van der Waals surface area contributed by atoms with Gasteiger partial charge in [0.05, 0.1) is 25.7 Å². The van der Waals surface area contributed by atoms with Gasteiger partial charge in [-0.15, -0.1) is 10.2 Å². The predicted octanol–water partition coefficient (Wildman–Crippen LogP) is 3.49. The average Bonchev–Trinajstić information content (AvgIpc) is 3.46. The maximum atomic E-state index is 12.9. The van der Waals surface area contributed by atoms with Gasteiger partial charge in [-0.2, -0.15) is 9.61 Å². The molecular formula is C23H21N5O3S. The van der Waals surface area contributed by atoms with Crippen molar-refractivity contribution in [3.05, 3.63) is 60.2 Å². The molecule has 1 aliphatic heterocycles. The summed E-state index contributed by atoms with van der Waals surface area (Å²) < 4.78 is 12.4. The van der Waals surface area contributed by atoms with Crippen molar-refractivity contribution in [2.24, 2.45) is 0 Å². The molecule has 0 aliphatic carbocycles. The van der Waals surface area contributed by atoms with Crippen LogP contribution in [0.1, 0.15) is 5.56 Å². The Balaban J connectivity index is 1.37. The molecule has 0 bridgehead atoms. The molecule has 1 aliphatic rings. The molecule has 1 amide bonds. The van der Waals surface area contributed by atoms with E-state index in [1.807, 2.05) is 53.4 Å². The van der Waals surface area contributed by atoms with Crippen LogP contribution in [-0.2, 0) is 11.2 Å². The number of amides is 1. The molecule has 2 aromatic heterocycles. The normalized spacial score (nSPS) is 12.8. The number of rotatable bonds is 6. The van der Waals surface area contributed by atoms with Crippen LogP contribution in [0.2, 0.25) is 0 Å². The van der Waals surface area contributed by atoms with Gasteiger partial charge in [0.2, 0.25) is 11.1 Å². The minimum Gasteiger partial charge on any atom is -0.493 e. The lowest BCUT2D eigenvalue weighted by Crippen LogP contribution is -2.30. The summed E-state index contributed by atoms with van der Waals surface area (Å²) in [5.41, 5.74) is 4.44. The molecule has 9 heteroatoms. The molecule has 0 unspecified atom stereocenters. The highest BCUT2D eigenvalue weighted by Gasteiger charge is 2.24. The van der Waals surface area contributed by atoms with Crippen LogP contribution in [0.25, 0.3) is 16.9 Å². The van der Waals surface area contributed by atoms with Crippen LogP contribution in [0.15, 0.2) is 59.8 Å². The number of hydrogen-bond acceptors (Lipinski definition) is 7. The van der Waals surface area contributed by atoms with Crippen molar-refractivity contribution in [3.63, 3.8) is 0 Å². The summed E-state index contributed by atoms with van der Waals surface area (Å²) in [5, 5.41) is 13.7. The Morgan fingerprint density at radius 2 is 1.88 bits per heavy atom. The fourth-order valence-corrected chi connectivity index (χ4v) is 4.57. The molecule has 2 aromatic carbocycles. The van der Waals surface area contributed by atoms with Crippen molar-refractivity contribution in [2.75, 3.05) is 31.4 Å². The van der Waals surface area contributed by atoms with Crippen LogP contribution >= 0.6 is 11.8 Å².